The first-order valence-corrected chi connectivity index (χ1v) is 13.2. The molecular weight excluding hydrogens is 362 g/mol. The largest absolute Gasteiger partial charge is 0.413 e. The molecule has 1 fully saturated rings. The van der Waals surface area contributed by atoms with Crippen molar-refractivity contribution in [2.24, 2.45) is 0 Å². The molecule has 1 aliphatic heterocycles. The molecule has 3 rings (SSSR count). The number of rotatable bonds is 5. The van der Waals surface area contributed by atoms with E-state index in [4.69, 9.17) is 4.43 Å². The molecule has 1 aromatic carbocycles. The topological polar surface area (TPSA) is 28.6 Å². The van der Waals surface area contributed by atoms with Gasteiger partial charge in [0.15, 0.2) is 8.32 Å². The monoisotopic (exact) mass is 397 g/mol. The fraction of sp³-hybridized carbons (Fsp3) is 0.522. The van der Waals surface area contributed by atoms with Gasteiger partial charge in [0.05, 0.1) is 6.61 Å². The Hall–Kier alpha value is -1.85. The second kappa shape index (κ2) is 8.25. The molecule has 28 heavy (non-hydrogen) atoms. The maximum absolute atomic E-state index is 6.41. The van der Waals surface area contributed by atoms with Crippen LogP contribution in [-0.2, 0) is 11.0 Å². The lowest BCUT2D eigenvalue weighted by Gasteiger charge is -2.38. The second-order valence-corrected chi connectivity index (χ2v) is 14.1. The van der Waals surface area contributed by atoms with Gasteiger partial charge >= 0.3 is 0 Å². The lowest BCUT2D eigenvalue weighted by molar-refractivity contribution is 0.276. The number of anilines is 2. The van der Waals surface area contributed by atoms with Crippen molar-refractivity contribution in [3.05, 3.63) is 53.7 Å². The Morgan fingerprint density at radius 1 is 1.00 bits per heavy atom. The zero-order valence-electron chi connectivity index (χ0n) is 18.3. The Balaban J connectivity index is 1.62. The lowest BCUT2D eigenvalue weighted by Crippen LogP contribution is -2.47. The van der Waals surface area contributed by atoms with Crippen LogP contribution in [-0.4, -0.2) is 39.5 Å². The molecule has 0 N–H and O–H groups in total. The summed E-state index contributed by atoms with van der Waals surface area (Å²) in [6, 6.07) is 13.0. The standard InChI is InChI=1S/C23H35N3OSi/c1-19-9-8-12-24-22(19)26-15-13-25(14-16-26)21-11-7-10-20(17-21)18-27-28(5,6)23(2,3)4/h7-12,17H,13-16,18H2,1-6H3. The van der Waals surface area contributed by atoms with Crippen molar-refractivity contribution >= 4 is 19.8 Å². The van der Waals surface area contributed by atoms with Crippen LogP contribution in [0.25, 0.3) is 0 Å². The summed E-state index contributed by atoms with van der Waals surface area (Å²) in [6.07, 6.45) is 1.89. The molecule has 0 spiro atoms. The van der Waals surface area contributed by atoms with Crippen LogP contribution in [0.1, 0.15) is 31.9 Å². The molecule has 0 radical (unpaired) electrons. The number of hydrogen-bond acceptors (Lipinski definition) is 4. The molecule has 152 valence electrons. The minimum atomic E-state index is -1.72. The molecule has 0 bridgehead atoms. The van der Waals surface area contributed by atoms with Crippen molar-refractivity contribution in [2.45, 2.75) is 52.4 Å². The van der Waals surface area contributed by atoms with Gasteiger partial charge < -0.3 is 14.2 Å². The zero-order valence-corrected chi connectivity index (χ0v) is 19.3. The van der Waals surface area contributed by atoms with E-state index >= 15 is 0 Å². The summed E-state index contributed by atoms with van der Waals surface area (Å²) in [5.74, 6) is 1.12. The zero-order chi connectivity index (χ0) is 20.4. The molecular formula is C23H35N3OSi. The summed E-state index contributed by atoms with van der Waals surface area (Å²) < 4.78 is 6.41. The van der Waals surface area contributed by atoms with Crippen molar-refractivity contribution in [1.29, 1.82) is 0 Å². The molecule has 0 aliphatic carbocycles. The number of hydrogen-bond donors (Lipinski definition) is 0. The highest BCUT2D eigenvalue weighted by molar-refractivity contribution is 6.74. The predicted molar refractivity (Wildman–Crippen MR) is 122 cm³/mol. The molecule has 2 aromatic rings. The van der Waals surface area contributed by atoms with E-state index in [1.165, 1.54) is 16.8 Å². The Kier molecular flexibility index (Phi) is 6.15. The van der Waals surface area contributed by atoms with Crippen LogP contribution in [0.5, 0.6) is 0 Å². The van der Waals surface area contributed by atoms with Gasteiger partial charge in [-0.3, -0.25) is 0 Å². The third-order valence-corrected chi connectivity index (χ3v) is 10.7. The molecule has 1 aliphatic rings. The molecule has 4 nitrogen and oxygen atoms in total. The van der Waals surface area contributed by atoms with Crippen molar-refractivity contribution in [2.75, 3.05) is 36.0 Å². The van der Waals surface area contributed by atoms with Gasteiger partial charge in [0.1, 0.15) is 5.82 Å². The second-order valence-electron chi connectivity index (χ2n) is 9.34. The van der Waals surface area contributed by atoms with E-state index < -0.39 is 8.32 Å². The van der Waals surface area contributed by atoms with Gasteiger partial charge in [0.25, 0.3) is 0 Å². The van der Waals surface area contributed by atoms with Gasteiger partial charge in [-0.1, -0.05) is 39.0 Å². The Morgan fingerprint density at radius 2 is 1.68 bits per heavy atom. The highest BCUT2D eigenvalue weighted by Crippen LogP contribution is 2.37. The van der Waals surface area contributed by atoms with Crippen molar-refractivity contribution in [3.63, 3.8) is 0 Å². The highest BCUT2D eigenvalue weighted by atomic mass is 28.4. The molecule has 0 saturated carbocycles. The Labute approximate surface area is 171 Å². The molecule has 5 heteroatoms. The van der Waals surface area contributed by atoms with Gasteiger partial charge in [0, 0.05) is 38.1 Å². The molecule has 0 atom stereocenters. The first-order valence-electron chi connectivity index (χ1n) is 10.3. The minimum Gasteiger partial charge on any atom is -0.413 e. The van der Waals surface area contributed by atoms with Crippen LogP contribution in [0.15, 0.2) is 42.6 Å². The van der Waals surface area contributed by atoms with E-state index in [2.05, 4.69) is 85.9 Å². The number of pyridine rings is 1. The third-order valence-electron chi connectivity index (χ3n) is 6.24. The SMILES string of the molecule is Cc1cccnc1N1CCN(c2cccc(CO[Si](C)(C)C(C)(C)C)c2)CC1. The molecule has 0 unspecified atom stereocenters. The van der Waals surface area contributed by atoms with E-state index in [1.807, 2.05) is 12.3 Å². The van der Waals surface area contributed by atoms with Gasteiger partial charge in [0.2, 0.25) is 0 Å². The fourth-order valence-electron chi connectivity index (χ4n) is 3.31. The van der Waals surface area contributed by atoms with E-state index in [0.29, 0.717) is 6.61 Å². The van der Waals surface area contributed by atoms with Crippen LogP contribution < -0.4 is 9.80 Å². The maximum Gasteiger partial charge on any atom is 0.192 e. The summed E-state index contributed by atoms with van der Waals surface area (Å²) in [5.41, 5.74) is 3.82. The van der Waals surface area contributed by atoms with E-state index in [9.17, 15) is 0 Å². The fourth-order valence-corrected chi connectivity index (χ4v) is 4.27. The Morgan fingerprint density at radius 3 is 2.32 bits per heavy atom. The summed E-state index contributed by atoms with van der Waals surface area (Å²) in [4.78, 5) is 9.45. The smallest absolute Gasteiger partial charge is 0.192 e. The minimum absolute atomic E-state index is 0.241. The molecule has 0 amide bonds. The van der Waals surface area contributed by atoms with Crippen LogP contribution >= 0.6 is 0 Å². The van der Waals surface area contributed by atoms with Crippen LogP contribution in [0.3, 0.4) is 0 Å². The first kappa shape index (κ1) is 20.9. The molecule has 2 heterocycles. The van der Waals surface area contributed by atoms with Crippen molar-refractivity contribution in [1.82, 2.24) is 4.98 Å². The summed E-state index contributed by atoms with van der Waals surface area (Å²) in [7, 11) is -1.72. The van der Waals surface area contributed by atoms with E-state index in [-0.39, 0.29) is 5.04 Å². The van der Waals surface area contributed by atoms with Gasteiger partial charge in [-0.2, -0.15) is 0 Å². The lowest BCUT2D eigenvalue weighted by atomic mass is 10.1. The maximum atomic E-state index is 6.41. The van der Waals surface area contributed by atoms with Gasteiger partial charge in [-0.25, -0.2) is 4.98 Å². The normalized spacial score (nSPS) is 15.8. The molecule has 1 aromatic heterocycles. The summed E-state index contributed by atoms with van der Waals surface area (Å²) in [6.45, 7) is 18.4. The number of piperazine rings is 1. The van der Waals surface area contributed by atoms with Crippen molar-refractivity contribution < 1.29 is 4.43 Å². The van der Waals surface area contributed by atoms with Gasteiger partial charge in [-0.15, -0.1) is 0 Å². The molecule has 1 saturated heterocycles. The quantitative estimate of drug-likeness (QED) is 0.645. The average molecular weight is 398 g/mol. The number of aryl methyl sites for hydroxylation is 1. The Bertz CT molecular complexity index is 792. The van der Waals surface area contributed by atoms with Crippen LogP contribution in [0.2, 0.25) is 18.1 Å². The van der Waals surface area contributed by atoms with Gasteiger partial charge in [-0.05, 0) is 54.4 Å². The van der Waals surface area contributed by atoms with Crippen molar-refractivity contribution in [3.8, 4) is 0 Å². The predicted octanol–water partition coefficient (Wildman–Crippen LogP) is 5.24. The summed E-state index contributed by atoms with van der Waals surface area (Å²) in [5, 5.41) is 0.241. The number of nitrogens with zero attached hydrogens (tertiary/aromatic N) is 3. The average Bonchev–Trinajstić information content (AvgIpc) is 2.66. The number of aromatic nitrogens is 1. The van der Waals surface area contributed by atoms with E-state index in [1.54, 1.807) is 0 Å². The highest BCUT2D eigenvalue weighted by Gasteiger charge is 2.37. The van der Waals surface area contributed by atoms with E-state index in [0.717, 1.165) is 32.0 Å². The van der Waals surface area contributed by atoms with Crippen LogP contribution in [0, 0.1) is 6.92 Å². The summed E-state index contributed by atoms with van der Waals surface area (Å²) >= 11 is 0. The third kappa shape index (κ3) is 4.76. The number of benzene rings is 1. The first-order chi connectivity index (χ1) is 13.2. The van der Waals surface area contributed by atoms with Crippen LogP contribution in [0.4, 0.5) is 11.5 Å².